The molecule has 0 aliphatic heterocycles. The largest absolute Gasteiger partial charge is 0.384 e. The molecule has 1 N–H and O–H groups in total. The van der Waals surface area contributed by atoms with Crippen LogP contribution in [0.25, 0.3) is 11.0 Å². The average Bonchev–Trinajstić information content (AvgIpc) is 2.83. The molecule has 0 spiro atoms. The maximum atomic E-state index is 8.85. The third-order valence-corrected chi connectivity index (χ3v) is 4.05. The number of halogens is 1. The van der Waals surface area contributed by atoms with Crippen LogP contribution in [-0.4, -0.2) is 21.3 Å². The quantitative estimate of drug-likeness (QED) is 0.790. The van der Waals surface area contributed by atoms with Gasteiger partial charge in [0.25, 0.3) is 0 Å². The molecule has 0 atom stereocenters. The minimum Gasteiger partial charge on any atom is -0.384 e. The van der Waals surface area contributed by atoms with Gasteiger partial charge in [-0.1, -0.05) is 38.3 Å². The van der Waals surface area contributed by atoms with Gasteiger partial charge in [-0.25, -0.2) is 9.67 Å². The molecule has 0 saturated heterocycles. The van der Waals surface area contributed by atoms with Gasteiger partial charge in [-0.05, 0) is 24.8 Å². The first kappa shape index (κ1) is 16.6. The number of nitriles is 1. The molecular weight excluding hydrogens is 298 g/mol. The zero-order chi connectivity index (χ0) is 15.9. The second kappa shape index (κ2) is 8.00. The molecule has 2 aromatic rings. The highest BCUT2D eigenvalue weighted by atomic mass is 35.5. The summed E-state index contributed by atoms with van der Waals surface area (Å²) in [4.78, 5) is 4.31. The average molecular weight is 320 g/mol. The normalized spacial score (nSPS) is 11.0. The van der Waals surface area contributed by atoms with Gasteiger partial charge in [-0.2, -0.15) is 10.4 Å². The van der Waals surface area contributed by atoms with Crippen molar-refractivity contribution in [2.24, 2.45) is 5.92 Å². The SMILES string of the molecule is CCCC(CCC)CNc1ccnc2c1c(Cl)nn2CC#N. The molecule has 2 aromatic heterocycles. The van der Waals surface area contributed by atoms with Crippen LogP contribution in [0.4, 0.5) is 5.69 Å². The van der Waals surface area contributed by atoms with Crippen LogP contribution >= 0.6 is 11.6 Å². The van der Waals surface area contributed by atoms with E-state index in [0.717, 1.165) is 17.6 Å². The number of nitrogens with one attached hydrogen (secondary N) is 1. The van der Waals surface area contributed by atoms with Crippen molar-refractivity contribution in [3.05, 3.63) is 17.4 Å². The van der Waals surface area contributed by atoms with Gasteiger partial charge in [0.1, 0.15) is 6.54 Å². The zero-order valence-electron chi connectivity index (χ0n) is 13.1. The summed E-state index contributed by atoms with van der Waals surface area (Å²) in [6, 6.07) is 3.99. The Labute approximate surface area is 136 Å². The van der Waals surface area contributed by atoms with E-state index in [1.807, 2.05) is 6.07 Å². The van der Waals surface area contributed by atoms with Crippen LogP contribution in [0.2, 0.25) is 5.15 Å². The number of nitrogens with zero attached hydrogens (tertiary/aromatic N) is 4. The summed E-state index contributed by atoms with van der Waals surface area (Å²) >= 11 is 6.23. The van der Waals surface area contributed by atoms with Crippen molar-refractivity contribution in [1.82, 2.24) is 14.8 Å². The lowest BCUT2D eigenvalue weighted by molar-refractivity contribution is 0.461. The van der Waals surface area contributed by atoms with Gasteiger partial charge in [0, 0.05) is 18.4 Å². The number of fused-ring (bicyclic) bond motifs is 1. The third-order valence-electron chi connectivity index (χ3n) is 3.79. The van der Waals surface area contributed by atoms with E-state index in [-0.39, 0.29) is 6.54 Å². The van der Waals surface area contributed by atoms with Gasteiger partial charge < -0.3 is 5.32 Å². The summed E-state index contributed by atoms with van der Waals surface area (Å²) in [5.41, 5.74) is 1.59. The molecule has 2 heterocycles. The highest BCUT2D eigenvalue weighted by Crippen LogP contribution is 2.29. The highest BCUT2D eigenvalue weighted by molar-refractivity contribution is 6.35. The second-order valence-electron chi connectivity index (χ2n) is 5.49. The Kier molecular flexibility index (Phi) is 6.02. The third kappa shape index (κ3) is 3.69. The molecule has 0 unspecified atom stereocenters. The predicted octanol–water partition coefficient (Wildman–Crippen LogP) is 4.24. The Hall–Kier alpha value is -1.80. The van der Waals surface area contributed by atoms with E-state index in [4.69, 9.17) is 16.9 Å². The van der Waals surface area contributed by atoms with Gasteiger partial charge in [-0.3, -0.25) is 0 Å². The molecule has 22 heavy (non-hydrogen) atoms. The van der Waals surface area contributed by atoms with E-state index in [2.05, 4.69) is 35.3 Å². The van der Waals surface area contributed by atoms with E-state index in [9.17, 15) is 0 Å². The first-order valence-corrected chi connectivity index (χ1v) is 8.20. The smallest absolute Gasteiger partial charge is 0.162 e. The van der Waals surface area contributed by atoms with Crippen molar-refractivity contribution in [2.45, 2.75) is 46.1 Å². The summed E-state index contributed by atoms with van der Waals surface area (Å²) in [6.07, 6.45) is 6.55. The number of anilines is 1. The molecule has 0 aliphatic rings. The molecule has 6 heteroatoms. The Morgan fingerprint density at radius 2 is 2.09 bits per heavy atom. The number of pyridine rings is 1. The van der Waals surface area contributed by atoms with Crippen LogP contribution in [0.5, 0.6) is 0 Å². The van der Waals surface area contributed by atoms with Crippen LogP contribution in [0.15, 0.2) is 12.3 Å². The first-order chi connectivity index (χ1) is 10.7. The Morgan fingerprint density at radius 1 is 1.36 bits per heavy atom. The van der Waals surface area contributed by atoms with E-state index in [1.165, 1.54) is 25.7 Å². The fourth-order valence-corrected chi connectivity index (χ4v) is 3.07. The van der Waals surface area contributed by atoms with Gasteiger partial charge in [0.05, 0.1) is 11.5 Å². The lowest BCUT2D eigenvalue weighted by atomic mass is 9.98. The lowest BCUT2D eigenvalue weighted by Gasteiger charge is -2.17. The monoisotopic (exact) mass is 319 g/mol. The summed E-state index contributed by atoms with van der Waals surface area (Å²) in [5, 5.41) is 17.7. The van der Waals surface area contributed by atoms with Crippen molar-refractivity contribution >= 4 is 28.3 Å². The number of aromatic nitrogens is 3. The minimum absolute atomic E-state index is 0.147. The van der Waals surface area contributed by atoms with Crippen LogP contribution in [0.1, 0.15) is 39.5 Å². The van der Waals surface area contributed by atoms with Gasteiger partial charge in [-0.15, -0.1) is 0 Å². The molecule has 0 radical (unpaired) electrons. The Morgan fingerprint density at radius 3 is 2.73 bits per heavy atom. The summed E-state index contributed by atoms with van der Waals surface area (Å²) in [5.74, 6) is 0.658. The first-order valence-electron chi connectivity index (χ1n) is 7.83. The molecule has 0 aliphatic carbocycles. The molecule has 0 saturated carbocycles. The summed E-state index contributed by atoms with van der Waals surface area (Å²) in [7, 11) is 0. The van der Waals surface area contributed by atoms with Crippen LogP contribution < -0.4 is 5.32 Å². The molecule has 2 rings (SSSR count). The maximum Gasteiger partial charge on any atom is 0.162 e. The van der Waals surface area contributed by atoms with Crippen molar-refractivity contribution in [1.29, 1.82) is 5.26 Å². The standard InChI is InChI=1S/C16H22ClN5/c1-3-5-12(6-4-2)11-20-13-7-9-19-16-14(13)15(17)21-22(16)10-8-18/h7,9,12H,3-6,10-11H2,1-2H3,(H,19,20). The lowest BCUT2D eigenvalue weighted by Crippen LogP contribution is -2.14. The van der Waals surface area contributed by atoms with Crippen molar-refractivity contribution in [3.8, 4) is 6.07 Å². The molecule has 0 aromatic carbocycles. The van der Waals surface area contributed by atoms with E-state index >= 15 is 0 Å². The minimum atomic E-state index is 0.147. The second-order valence-corrected chi connectivity index (χ2v) is 5.85. The topological polar surface area (TPSA) is 66.5 Å². The van der Waals surface area contributed by atoms with E-state index in [1.54, 1.807) is 10.9 Å². The van der Waals surface area contributed by atoms with Gasteiger partial charge >= 0.3 is 0 Å². The van der Waals surface area contributed by atoms with Crippen molar-refractivity contribution < 1.29 is 0 Å². The zero-order valence-corrected chi connectivity index (χ0v) is 13.9. The number of hydrogen-bond acceptors (Lipinski definition) is 4. The van der Waals surface area contributed by atoms with E-state index < -0.39 is 0 Å². The number of rotatable bonds is 8. The molecule has 0 bridgehead atoms. The van der Waals surface area contributed by atoms with Crippen molar-refractivity contribution in [3.63, 3.8) is 0 Å². The predicted molar refractivity (Wildman–Crippen MR) is 89.9 cm³/mol. The Balaban J connectivity index is 2.22. The van der Waals surface area contributed by atoms with E-state index in [0.29, 0.717) is 16.7 Å². The summed E-state index contributed by atoms with van der Waals surface area (Å²) < 4.78 is 1.54. The molecular formula is C16H22ClN5. The van der Waals surface area contributed by atoms with Crippen LogP contribution in [-0.2, 0) is 6.54 Å². The maximum absolute atomic E-state index is 8.85. The van der Waals surface area contributed by atoms with Gasteiger partial charge in [0.2, 0.25) is 0 Å². The fourth-order valence-electron chi connectivity index (χ4n) is 2.80. The van der Waals surface area contributed by atoms with Crippen LogP contribution in [0, 0.1) is 17.2 Å². The molecule has 0 amide bonds. The highest BCUT2D eigenvalue weighted by Gasteiger charge is 2.15. The summed E-state index contributed by atoms with van der Waals surface area (Å²) in [6.45, 7) is 5.50. The molecule has 118 valence electrons. The van der Waals surface area contributed by atoms with Crippen molar-refractivity contribution in [2.75, 3.05) is 11.9 Å². The molecule has 0 fully saturated rings. The van der Waals surface area contributed by atoms with Gasteiger partial charge in [0.15, 0.2) is 10.8 Å². The van der Waals surface area contributed by atoms with Crippen LogP contribution in [0.3, 0.4) is 0 Å². The Bertz CT molecular complexity index is 652. The fraction of sp³-hybridized carbons (Fsp3) is 0.562. The number of hydrogen-bond donors (Lipinski definition) is 1. The molecule has 5 nitrogen and oxygen atoms in total.